The highest BCUT2D eigenvalue weighted by Gasteiger charge is 2.30. The number of carbonyl (C=O) groups is 4. The fourth-order valence-electron chi connectivity index (χ4n) is 10.7. The summed E-state index contributed by atoms with van der Waals surface area (Å²) in [5, 5.41) is 10.6. The third kappa shape index (κ3) is 75.7. The van der Waals surface area contributed by atoms with Crippen LogP contribution in [-0.2, 0) is 65.4 Å². The van der Waals surface area contributed by atoms with Crippen LogP contribution in [0.4, 0.5) is 0 Å². The molecule has 0 heterocycles. The Morgan fingerprint density at radius 2 is 0.500 bits per heavy atom. The number of rotatable bonds is 76. The van der Waals surface area contributed by atoms with Crippen LogP contribution in [0.2, 0.25) is 0 Å². The van der Waals surface area contributed by atoms with Gasteiger partial charge in [-0.15, -0.1) is 0 Å². The van der Waals surface area contributed by atoms with Crippen molar-refractivity contribution < 1.29 is 80.2 Å². The molecular formula is C85H146O17P2. The Kier molecular flexibility index (Phi) is 73.3. The maximum atomic E-state index is 13.1. The van der Waals surface area contributed by atoms with Gasteiger partial charge in [-0.05, 0) is 154 Å². The Hall–Kier alpha value is -4.54. The number of carbonyl (C=O) groups excluding carboxylic acids is 4. The van der Waals surface area contributed by atoms with Crippen molar-refractivity contribution in [3.8, 4) is 0 Å². The van der Waals surface area contributed by atoms with E-state index < -0.39 is 97.5 Å². The number of hydrogen-bond donors (Lipinski definition) is 3. The Balaban J connectivity index is 5.39. The summed E-state index contributed by atoms with van der Waals surface area (Å²) in [4.78, 5) is 73.1. The molecule has 17 nitrogen and oxygen atoms in total. The highest BCUT2D eigenvalue weighted by Crippen LogP contribution is 2.45. The standard InChI is InChI=1S/C85H146O17P2/c1-5-9-13-17-21-25-29-33-37-38-39-40-44-46-50-54-58-62-66-70-83(88)96-76-81(102-85(90)72-68-64-60-56-52-48-43-36-32-28-24-20-16-12-8-4)78-100-104(93,94)98-74-79(86)73-97-103(91,92)99-77-80(101-84(89)71-67-63-59-55-51-47-42-35-31-27-23-19-15-11-7-3)75-95-82(87)69-65-61-57-53-49-45-41-34-30-26-22-18-14-10-6-2/h9-10,13-14,21-22,24-26,28,33-37,39-43,79-81,86H,5-8,11-12,15-20,23,27,29-32,38,44-78H2,1-4H3,(H,91,92)(H,93,94)/b13-9-,14-10-,25-21-,26-22-,28-24-,37-33-,40-39-,41-34-,42-35-,43-36-. The summed E-state index contributed by atoms with van der Waals surface area (Å²) in [7, 11) is -9.97. The largest absolute Gasteiger partial charge is 0.472 e. The van der Waals surface area contributed by atoms with E-state index in [9.17, 15) is 43.2 Å². The minimum absolute atomic E-state index is 0.0734. The minimum Gasteiger partial charge on any atom is -0.462 e. The van der Waals surface area contributed by atoms with E-state index in [1.807, 2.05) is 0 Å². The molecule has 0 rings (SSSR count). The Morgan fingerprint density at radius 1 is 0.279 bits per heavy atom. The third-order valence-electron chi connectivity index (χ3n) is 16.9. The lowest BCUT2D eigenvalue weighted by molar-refractivity contribution is -0.161. The van der Waals surface area contributed by atoms with Gasteiger partial charge in [0.1, 0.15) is 19.3 Å². The fourth-order valence-corrected chi connectivity index (χ4v) is 12.3. The Labute approximate surface area is 632 Å². The number of esters is 4. The average molecular weight is 1500 g/mol. The van der Waals surface area contributed by atoms with Crippen molar-refractivity contribution in [2.24, 2.45) is 0 Å². The Bertz CT molecular complexity index is 2440. The summed E-state index contributed by atoms with van der Waals surface area (Å²) in [6, 6.07) is 0. The van der Waals surface area contributed by atoms with Crippen molar-refractivity contribution in [1.29, 1.82) is 0 Å². The molecule has 0 aromatic rings. The first-order valence-corrected chi connectivity index (χ1v) is 43.8. The zero-order valence-corrected chi connectivity index (χ0v) is 67.2. The zero-order chi connectivity index (χ0) is 76.0. The molecule has 0 saturated carbocycles. The molecule has 0 bridgehead atoms. The van der Waals surface area contributed by atoms with E-state index in [-0.39, 0.29) is 25.7 Å². The summed E-state index contributed by atoms with van der Waals surface area (Å²) in [6.45, 7) is 4.59. The van der Waals surface area contributed by atoms with Gasteiger partial charge in [-0.1, -0.05) is 278 Å². The molecule has 19 heteroatoms. The number of hydrogen-bond acceptors (Lipinski definition) is 15. The first kappa shape index (κ1) is 99.5. The van der Waals surface area contributed by atoms with Gasteiger partial charge in [0.2, 0.25) is 0 Å². The number of unbranched alkanes of at least 4 members (excludes halogenated alkanes) is 30. The van der Waals surface area contributed by atoms with E-state index in [1.54, 1.807) is 0 Å². The molecule has 0 amide bonds. The first-order chi connectivity index (χ1) is 50.7. The van der Waals surface area contributed by atoms with Crippen LogP contribution in [0.1, 0.15) is 336 Å². The van der Waals surface area contributed by atoms with Gasteiger partial charge in [0.15, 0.2) is 12.2 Å². The van der Waals surface area contributed by atoms with Crippen LogP contribution in [0.5, 0.6) is 0 Å². The van der Waals surface area contributed by atoms with Crippen LogP contribution < -0.4 is 0 Å². The summed E-state index contributed by atoms with van der Waals surface area (Å²) in [6.07, 6.45) is 84.5. The number of phosphoric acid groups is 2. The molecule has 598 valence electrons. The second-order valence-corrected chi connectivity index (χ2v) is 29.8. The molecular weight excluding hydrogens is 1350 g/mol. The fraction of sp³-hybridized carbons (Fsp3) is 0.718. The first-order valence-electron chi connectivity index (χ1n) is 40.8. The van der Waals surface area contributed by atoms with E-state index in [2.05, 4.69) is 149 Å². The highest BCUT2D eigenvalue weighted by atomic mass is 31.2. The van der Waals surface area contributed by atoms with E-state index in [0.29, 0.717) is 25.7 Å². The molecule has 0 fully saturated rings. The van der Waals surface area contributed by atoms with Crippen molar-refractivity contribution in [3.63, 3.8) is 0 Å². The van der Waals surface area contributed by atoms with Gasteiger partial charge in [-0.2, -0.15) is 0 Å². The molecule has 5 unspecified atom stereocenters. The van der Waals surface area contributed by atoms with E-state index in [1.165, 1.54) is 57.8 Å². The number of ether oxygens (including phenoxy) is 4. The zero-order valence-electron chi connectivity index (χ0n) is 65.4. The molecule has 0 aromatic heterocycles. The normalized spacial score (nSPS) is 14.5. The molecule has 3 N–H and O–H groups in total. The highest BCUT2D eigenvalue weighted by molar-refractivity contribution is 7.47. The second-order valence-electron chi connectivity index (χ2n) is 26.9. The molecule has 0 aliphatic rings. The summed E-state index contributed by atoms with van der Waals surface area (Å²) < 4.78 is 68.7. The third-order valence-corrected chi connectivity index (χ3v) is 18.8. The number of aliphatic hydroxyl groups is 1. The Morgan fingerprint density at radius 3 is 0.798 bits per heavy atom. The van der Waals surface area contributed by atoms with Crippen molar-refractivity contribution in [1.82, 2.24) is 0 Å². The molecule has 0 aromatic carbocycles. The van der Waals surface area contributed by atoms with Gasteiger partial charge in [-0.25, -0.2) is 9.13 Å². The van der Waals surface area contributed by atoms with Gasteiger partial charge in [0, 0.05) is 25.7 Å². The van der Waals surface area contributed by atoms with Gasteiger partial charge in [-0.3, -0.25) is 37.3 Å². The molecule has 104 heavy (non-hydrogen) atoms. The predicted octanol–water partition coefficient (Wildman–Crippen LogP) is 23.9. The number of allylic oxidation sites excluding steroid dienone is 20. The molecule has 0 aliphatic heterocycles. The van der Waals surface area contributed by atoms with Gasteiger partial charge < -0.3 is 33.8 Å². The van der Waals surface area contributed by atoms with Gasteiger partial charge in [0.05, 0.1) is 26.4 Å². The van der Waals surface area contributed by atoms with Crippen LogP contribution in [-0.4, -0.2) is 96.7 Å². The van der Waals surface area contributed by atoms with Crippen LogP contribution in [0, 0.1) is 0 Å². The molecule has 0 aliphatic carbocycles. The van der Waals surface area contributed by atoms with Gasteiger partial charge >= 0.3 is 39.5 Å². The van der Waals surface area contributed by atoms with Crippen molar-refractivity contribution in [2.45, 2.75) is 354 Å². The smallest absolute Gasteiger partial charge is 0.462 e. The molecule has 0 radical (unpaired) electrons. The predicted molar refractivity (Wildman–Crippen MR) is 427 cm³/mol. The maximum absolute atomic E-state index is 13.1. The number of aliphatic hydroxyl groups excluding tert-OH is 1. The van der Waals surface area contributed by atoms with Crippen LogP contribution >= 0.6 is 15.6 Å². The second kappa shape index (κ2) is 76.6. The van der Waals surface area contributed by atoms with Crippen LogP contribution in [0.15, 0.2) is 122 Å². The monoisotopic (exact) mass is 1500 g/mol. The lowest BCUT2D eigenvalue weighted by atomic mass is 10.1. The van der Waals surface area contributed by atoms with Crippen LogP contribution in [0.25, 0.3) is 0 Å². The summed E-state index contributed by atoms with van der Waals surface area (Å²) >= 11 is 0. The van der Waals surface area contributed by atoms with Crippen molar-refractivity contribution in [2.75, 3.05) is 39.6 Å². The lowest BCUT2D eigenvalue weighted by Crippen LogP contribution is -2.30. The van der Waals surface area contributed by atoms with E-state index in [0.717, 1.165) is 199 Å². The van der Waals surface area contributed by atoms with Gasteiger partial charge in [0.25, 0.3) is 0 Å². The minimum atomic E-state index is -4.99. The van der Waals surface area contributed by atoms with E-state index >= 15 is 0 Å². The van der Waals surface area contributed by atoms with Crippen molar-refractivity contribution >= 4 is 39.5 Å². The summed E-state index contributed by atoms with van der Waals surface area (Å²) in [5.41, 5.74) is 0. The van der Waals surface area contributed by atoms with Crippen LogP contribution in [0.3, 0.4) is 0 Å². The topological polar surface area (TPSA) is 237 Å². The SMILES string of the molecule is CC/C=C\C/C=C\C/C=C\C/C=C\CCCCCCCCC(=O)OCC(COP(=O)(O)OCC(O)COP(=O)(O)OCC(COC(=O)CCCCCCC/C=C\C/C=C\C/C=C\CC)OC(=O)CCCCCCC/C=C\CCCCCCCC)OC(=O)CCCCCCC/C=C\C/C=C\CCCCC. The maximum Gasteiger partial charge on any atom is 0.472 e. The van der Waals surface area contributed by atoms with Crippen molar-refractivity contribution in [3.05, 3.63) is 122 Å². The molecule has 0 spiro atoms. The lowest BCUT2D eigenvalue weighted by Gasteiger charge is -2.21. The molecule has 0 saturated heterocycles. The van der Waals surface area contributed by atoms with E-state index in [4.69, 9.17) is 37.0 Å². The molecule has 5 atom stereocenters. The average Bonchev–Trinajstić information content (AvgIpc) is 0.918. The number of phosphoric ester groups is 2. The summed E-state index contributed by atoms with van der Waals surface area (Å²) in [5.74, 6) is -2.22. The quantitative estimate of drug-likeness (QED) is 0.0169.